The van der Waals surface area contributed by atoms with Crippen molar-refractivity contribution in [2.24, 2.45) is 0 Å². The number of carbonyl (C=O) groups is 1. The van der Waals surface area contributed by atoms with E-state index in [2.05, 4.69) is 22.3 Å². The second-order valence-corrected chi connectivity index (χ2v) is 10.4. The minimum absolute atomic E-state index is 0.147. The molecule has 1 fully saturated rings. The first-order valence-corrected chi connectivity index (χ1v) is 12.9. The SMILES string of the molecule is CC[C@@H](C(=O)NCc1cccc(CN2CCCC2)c1)N(c1ccc(F)c(Cl)c1)S(C)(=O)=O. The fraction of sp³-hybridized carbons (Fsp3) is 0.435. The van der Waals surface area contributed by atoms with Crippen molar-refractivity contribution < 1.29 is 17.6 Å². The van der Waals surface area contributed by atoms with E-state index in [0.717, 1.165) is 41.8 Å². The van der Waals surface area contributed by atoms with E-state index in [0.29, 0.717) is 0 Å². The third-order valence-corrected chi connectivity index (χ3v) is 7.02. The summed E-state index contributed by atoms with van der Waals surface area (Å²) in [4.78, 5) is 15.4. The van der Waals surface area contributed by atoms with Crippen molar-refractivity contribution in [2.75, 3.05) is 23.7 Å². The van der Waals surface area contributed by atoms with E-state index >= 15 is 0 Å². The Bertz CT molecular complexity index is 1060. The molecule has 174 valence electrons. The van der Waals surface area contributed by atoms with Gasteiger partial charge in [0.05, 0.1) is 17.0 Å². The number of hydrogen-bond donors (Lipinski definition) is 1. The fourth-order valence-corrected chi connectivity index (χ4v) is 5.40. The largest absolute Gasteiger partial charge is 0.350 e. The van der Waals surface area contributed by atoms with Gasteiger partial charge < -0.3 is 5.32 Å². The number of hydrogen-bond acceptors (Lipinski definition) is 4. The summed E-state index contributed by atoms with van der Waals surface area (Å²) in [6, 6.07) is 10.7. The Hall–Kier alpha value is -2.16. The summed E-state index contributed by atoms with van der Waals surface area (Å²) in [5.41, 5.74) is 2.28. The molecule has 9 heteroatoms. The first-order chi connectivity index (χ1) is 15.2. The van der Waals surface area contributed by atoms with E-state index in [4.69, 9.17) is 11.6 Å². The van der Waals surface area contributed by atoms with Gasteiger partial charge in [-0.25, -0.2) is 12.8 Å². The maximum atomic E-state index is 13.6. The lowest BCUT2D eigenvalue weighted by molar-refractivity contribution is -0.122. The molecule has 32 heavy (non-hydrogen) atoms. The lowest BCUT2D eigenvalue weighted by atomic mass is 10.1. The van der Waals surface area contributed by atoms with Gasteiger partial charge in [-0.3, -0.25) is 14.0 Å². The summed E-state index contributed by atoms with van der Waals surface area (Å²) < 4.78 is 39.6. The highest BCUT2D eigenvalue weighted by Crippen LogP contribution is 2.27. The Labute approximate surface area is 194 Å². The van der Waals surface area contributed by atoms with Crippen LogP contribution in [0.2, 0.25) is 5.02 Å². The molecule has 1 aliphatic rings. The summed E-state index contributed by atoms with van der Waals surface area (Å²) in [5, 5.41) is 2.65. The Kier molecular flexibility index (Phi) is 8.14. The van der Waals surface area contributed by atoms with Crippen molar-refractivity contribution in [3.63, 3.8) is 0 Å². The predicted octanol–water partition coefficient (Wildman–Crippen LogP) is 3.94. The van der Waals surface area contributed by atoms with E-state index in [1.54, 1.807) is 6.92 Å². The third kappa shape index (κ3) is 6.21. The van der Waals surface area contributed by atoms with Crippen LogP contribution >= 0.6 is 11.6 Å². The molecule has 0 spiro atoms. The maximum absolute atomic E-state index is 13.6. The number of benzene rings is 2. The highest BCUT2D eigenvalue weighted by atomic mass is 35.5. The van der Waals surface area contributed by atoms with Gasteiger partial charge in [0.15, 0.2) is 0 Å². The first kappa shape index (κ1) is 24.5. The van der Waals surface area contributed by atoms with Crippen LogP contribution in [0.3, 0.4) is 0 Å². The quantitative estimate of drug-likeness (QED) is 0.589. The maximum Gasteiger partial charge on any atom is 0.244 e. The number of likely N-dealkylation sites (tertiary alicyclic amines) is 1. The van der Waals surface area contributed by atoms with Crippen LogP contribution in [0.25, 0.3) is 0 Å². The molecule has 1 aliphatic heterocycles. The first-order valence-electron chi connectivity index (χ1n) is 10.7. The highest BCUT2D eigenvalue weighted by molar-refractivity contribution is 7.92. The van der Waals surface area contributed by atoms with Crippen LogP contribution in [0.4, 0.5) is 10.1 Å². The smallest absolute Gasteiger partial charge is 0.244 e. The summed E-state index contributed by atoms with van der Waals surface area (Å²) in [7, 11) is -3.82. The van der Waals surface area contributed by atoms with E-state index in [-0.39, 0.29) is 23.7 Å². The molecule has 0 radical (unpaired) electrons. The van der Waals surface area contributed by atoms with Crippen LogP contribution in [0.1, 0.15) is 37.3 Å². The monoisotopic (exact) mass is 481 g/mol. The molecule has 1 heterocycles. The van der Waals surface area contributed by atoms with Crippen molar-refractivity contribution in [3.8, 4) is 0 Å². The average molecular weight is 482 g/mol. The number of anilines is 1. The molecule has 1 saturated heterocycles. The molecule has 6 nitrogen and oxygen atoms in total. The zero-order valence-corrected chi connectivity index (χ0v) is 19.9. The molecule has 1 amide bonds. The molecule has 3 rings (SSSR count). The topological polar surface area (TPSA) is 69.7 Å². The van der Waals surface area contributed by atoms with Crippen molar-refractivity contribution in [1.29, 1.82) is 0 Å². The van der Waals surface area contributed by atoms with Gasteiger partial charge in [-0.2, -0.15) is 0 Å². The highest BCUT2D eigenvalue weighted by Gasteiger charge is 2.31. The van der Waals surface area contributed by atoms with E-state index in [1.807, 2.05) is 12.1 Å². The number of rotatable bonds is 9. The normalized spacial score (nSPS) is 15.5. The summed E-state index contributed by atoms with van der Waals surface area (Å²) >= 11 is 5.85. The molecule has 0 aliphatic carbocycles. The van der Waals surface area contributed by atoms with E-state index < -0.39 is 27.8 Å². The zero-order chi connectivity index (χ0) is 23.3. The lowest BCUT2D eigenvalue weighted by Gasteiger charge is -2.30. The van der Waals surface area contributed by atoms with E-state index in [1.165, 1.54) is 30.5 Å². The van der Waals surface area contributed by atoms with Gasteiger partial charge in [0, 0.05) is 13.1 Å². The third-order valence-electron chi connectivity index (χ3n) is 5.55. The van der Waals surface area contributed by atoms with Crippen LogP contribution in [-0.4, -0.2) is 44.6 Å². The van der Waals surface area contributed by atoms with Crippen LogP contribution in [0.5, 0.6) is 0 Å². The summed E-state index contributed by atoms with van der Waals surface area (Å²) in [6.07, 6.45) is 3.71. The minimum Gasteiger partial charge on any atom is -0.350 e. The number of nitrogens with zero attached hydrogens (tertiary/aromatic N) is 2. The Morgan fingerprint density at radius 2 is 1.88 bits per heavy atom. The molecule has 0 saturated carbocycles. The van der Waals surface area contributed by atoms with E-state index in [9.17, 15) is 17.6 Å². The Balaban J connectivity index is 1.73. The van der Waals surface area contributed by atoms with Gasteiger partial charge in [0.2, 0.25) is 15.9 Å². The average Bonchev–Trinajstić information content (AvgIpc) is 3.25. The van der Waals surface area contributed by atoms with Crippen molar-refractivity contribution in [1.82, 2.24) is 10.2 Å². The lowest BCUT2D eigenvalue weighted by Crippen LogP contribution is -2.49. The Morgan fingerprint density at radius 3 is 2.50 bits per heavy atom. The summed E-state index contributed by atoms with van der Waals surface area (Å²) in [5.74, 6) is -1.08. The van der Waals surface area contributed by atoms with Crippen molar-refractivity contribution >= 4 is 33.2 Å². The molecular formula is C23H29ClFN3O3S. The molecule has 0 unspecified atom stereocenters. The number of sulfonamides is 1. The van der Waals surface area contributed by atoms with Gasteiger partial charge >= 0.3 is 0 Å². The van der Waals surface area contributed by atoms with Crippen LogP contribution in [0.15, 0.2) is 42.5 Å². The number of carbonyl (C=O) groups excluding carboxylic acids is 1. The number of amides is 1. The Morgan fingerprint density at radius 1 is 1.19 bits per heavy atom. The van der Waals surface area contributed by atoms with Crippen LogP contribution in [-0.2, 0) is 27.9 Å². The standard InChI is InChI=1S/C23H29ClFN3O3S/c1-3-22(28(32(2,30)31)19-9-10-21(25)20(24)14-19)23(29)26-15-17-7-6-8-18(13-17)16-27-11-4-5-12-27/h6-10,13-14,22H,3-5,11-12,15-16H2,1-2H3,(H,26,29)/t22-/m0/s1. The van der Waals surface area contributed by atoms with Crippen molar-refractivity contribution in [2.45, 2.75) is 45.3 Å². The number of nitrogens with one attached hydrogen (secondary N) is 1. The van der Waals surface area contributed by atoms with Gasteiger partial charge in [-0.05, 0) is 61.7 Å². The number of halogens is 2. The zero-order valence-electron chi connectivity index (χ0n) is 18.4. The molecule has 2 aromatic carbocycles. The van der Waals surface area contributed by atoms with Gasteiger partial charge in [-0.15, -0.1) is 0 Å². The summed E-state index contributed by atoms with van der Waals surface area (Å²) in [6.45, 7) is 5.10. The van der Waals surface area contributed by atoms with Gasteiger partial charge in [-0.1, -0.05) is 42.8 Å². The molecular weight excluding hydrogens is 453 g/mol. The van der Waals surface area contributed by atoms with Crippen molar-refractivity contribution in [3.05, 3.63) is 64.4 Å². The molecule has 2 aromatic rings. The van der Waals surface area contributed by atoms with Gasteiger partial charge in [0.1, 0.15) is 11.9 Å². The van der Waals surface area contributed by atoms with Crippen LogP contribution < -0.4 is 9.62 Å². The molecule has 1 N–H and O–H groups in total. The predicted molar refractivity (Wildman–Crippen MR) is 126 cm³/mol. The second kappa shape index (κ2) is 10.6. The second-order valence-electron chi connectivity index (χ2n) is 8.10. The van der Waals surface area contributed by atoms with Gasteiger partial charge in [0.25, 0.3) is 0 Å². The molecule has 1 atom stereocenters. The fourth-order valence-electron chi connectivity index (χ4n) is 4.03. The minimum atomic E-state index is -3.82. The molecule has 0 aromatic heterocycles. The molecule has 0 bridgehead atoms. The van der Waals surface area contributed by atoms with Crippen LogP contribution in [0, 0.1) is 5.82 Å².